The third-order valence-electron chi connectivity index (χ3n) is 4.17. The van der Waals surface area contributed by atoms with Crippen molar-refractivity contribution in [3.8, 4) is 11.5 Å². The number of benzene rings is 2. The highest BCUT2D eigenvalue weighted by Gasteiger charge is 2.23. The van der Waals surface area contributed by atoms with Crippen LogP contribution < -0.4 is 9.04 Å². The van der Waals surface area contributed by atoms with Gasteiger partial charge in [-0.1, -0.05) is 24.3 Å². The Morgan fingerprint density at radius 2 is 1.78 bits per heavy atom. The molecule has 0 fully saturated rings. The summed E-state index contributed by atoms with van der Waals surface area (Å²) in [6.07, 6.45) is 3.35. The molecule has 3 aromatic rings. The van der Waals surface area contributed by atoms with Crippen LogP contribution >= 0.6 is 0 Å². The fourth-order valence-corrected chi connectivity index (χ4v) is 3.90. The first-order chi connectivity index (χ1) is 13.0. The summed E-state index contributed by atoms with van der Waals surface area (Å²) in [4.78, 5) is 4.08. The summed E-state index contributed by atoms with van der Waals surface area (Å²) in [5.41, 5.74) is 2.30. The zero-order valence-electron chi connectivity index (χ0n) is 15.4. The molecule has 140 valence electrons. The number of hydrogen-bond acceptors (Lipinski definition) is 4. The third kappa shape index (κ3) is 4.65. The predicted molar refractivity (Wildman–Crippen MR) is 108 cm³/mol. The van der Waals surface area contributed by atoms with Crippen LogP contribution in [-0.2, 0) is 16.6 Å². The quantitative estimate of drug-likeness (QED) is 0.602. The van der Waals surface area contributed by atoms with Crippen molar-refractivity contribution in [2.24, 2.45) is 0 Å². The average molecular weight is 382 g/mol. The van der Waals surface area contributed by atoms with Crippen molar-refractivity contribution in [3.63, 3.8) is 0 Å². The molecule has 0 radical (unpaired) electrons. The molecule has 6 heteroatoms. The Bertz CT molecular complexity index is 990. The molecule has 0 saturated carbocycles. The number of hydrogen-bond donors (Lipinski definition) is 0. The molecular formula is C21H22N2O3S. The lowest BCUT2D eigenvalue weighted by Gasteiger charge is -2.26. The van der Waals surface area contributed by atoms with Gasteiger partial charge < -0.3 is 4.74 Å². The number of pyridine rings is 1. The second-order valence-corrected chi connectivity index (χ2v) is 8.31. The topological polar surface area (TPSA) is 59.5 Å². The Morgan fingerprint density at radius 3 is 2.41 bits per heavy atom. The van der Waals surface area contributed by atoms with Crippen LogP contribution in [0.3, 0.4) is 0 Å². The second-order valence-electron chi connectivity index (χ2n) is 6.13. The van der Waals surface area contributed by atoms with E-state index in [-0.39, 0.29) is 12.3 Å². The van der Waals surface area contributed by atoms with Crippen LogP contribution in [-0.4, -0.2) is 19.2 Å². The molecule has 0 aliphatic carbocycles. The molecule has 3 rings (SSSR count). The maximum absolute atomic E-state index is 12.7. The van der Waals surface area contributed by atoms with Gasteiger partial charge in [-0.25, -0.2) is 8.42 Å². The van der Waals surface area contributed by atoms with Gasteiger partial charge in [0.05, 0.1) is 18.0 Å². The van der Waals surface area contributed by atoms with Gasteiger partial charge in [0.15, 0.2) is 0 Å². The number of ether oxygens (including phenoxy) is 1. The summed E-state index contributed by atoms with van der Waals surface area (Å²) in [6, 6.07) is 18.6. The maximum Gasteiger partial charge on any atom is 0.235 e. The van der Waals surface area contributed by atoms with E-state index in [1.807, 2.05) is 49.4 Å². The molecule has 0 atom stereocenters. The fourth-order valence-electron chi connectivity index (χ4n) is 2.74. The monoisotopic (exact) mass is 382 g/mol. The molecule has 1 aromatic heterocycles. The Balaban J connectivity index is 1.92. The first-order valence-corrected chi connectivity index (χ1v) is 10.3. The Labute approximate surface area is 160 Å². The van der Waals surface area contributed by atoms with E-state index in [1.165, 1.54) is 4.31 Å². The molecule has 0 aliphatic rings. The average Bonchev–Trinajstić information content (AvgIpc) is 2.68. The van der Waals surface area contributed by atoms with Crippen molar-refractivity contribution >= 4 is 15.7 Å². The van der Waals surface area contributed by atoms with E-state index in [0.29, 0.717) is 11.4 Å². The van der Waals surface area contributed by atoms with Gasteiger partial charge in [0, 0.05) is 12.4 Å². The molecule has 0 amide bonds. The van der Waals surface area contributed by atoms with Crippen LogP contribution in [0.2, 0.25) is 0 Å². The highest BCUT2D eigenvalue weighted by molar-refractivity contribution is 7.92. The van der Waals surface area contributed by atoms with Gasteiger partial charge in [-0.05, 0) is 61.4 Å². The molecule has 0 aliphatic heterocycles. The van der Waals surface area contributed by atoms with E-state index in [1.54, 1.807) is 37.5 Å². The summed E-state index contributed by atoms with van der Waals surface area (Å²) in [5, 5.41) is 0. The smallest absolute Gasteiger partial charge is 0.235 e. The van der Waals surface area contributed by atoms with E-state index in [9.17, 15) is 8.42 Å². The lowest BCUT2D eigenvalue weighted by Crippen LogP contribution is -2.32. The minimum Gasteiger partial charge on any atom is -0.457 e. The lowest BCUT2D eigenvalue weighted by molar-refractivity contribution is 0.482. The minimum absolute atomic E-state index is 0.0228. The van der Waals surface area contributed by atoms with Crippen molar-refractivity contribution < 1.29 is 13.2 Å². The van der Waals surface area contributed by atoms with Crippen LogP contribution in [0.15, 0.2) is 73.1 Å². The SMILES string of the molecule is CCS(=O)(=O)N(Cc1cccnc1)c1ccc(Oc2ccccc2)cc1C. The van der Waals surface area contributed by atoms with E-state index in [0.717, 1.165) is 16.9 Å². The van der Waals surface area contributed by atoms with Crippen LogP contribution in [0.5, 0.6) is 11.5 Å². The molecule has 5 nitrogen and oxygen atoms in total. The number of aryl methyl sites for hydroxylation is 1. The molecule has 0 unspecified atom stereocenters. The summed E-state index contributed by atoms with van der Waals surface area (Å²) < 4.78 is 32.7. The number of rotatable bonds is 7. The second kappa shape index (κ2) is 8.22. The molecule has 0 spiro atoms. The van der Waals surface area contributed by atoms with Gasteiger partial charge in [0.2, 0.25) is 10.0 Å². The fraction of sp³-hybridized carbons (Fsp3) is 0.190. The van der Waals surface area contributed by atoms with Gasteiger partial charge >= 0.3 is 0 Å². The normalized spacial score (nSPS) is 11.2. The van der Waals surface area contributed by atoms with Crippen LogP contribution in [0.25, 0.3) is 0 Å². The summed E-state index contributed by atoms with van der Waals surface area (Å²) in [6.45, 7) is 3.77. The number of sulfonamides is 1. The van der Waals surface area contributed by atoms with Gasteiger partial charge in [-0.2, -0.15) is 0 Å². The highest BCUT2D eigenvalue weighted by atomic mass is 32.2. The first kappa shape index (κ1) is 18.9. The van der Waals surface area contributed by atoms with Crippen LogP contribution in [0.1, 0.15) is 18.1 Å². The summed E-state index contributed by atoms with van der Waals surface area (Å²) in [5.74, 6) is 1.42. The van der Waals surface area contributed by atoms with Crippen molar-refractivity contribution in [2.45, 2.75) is 20.4 Å². The van der Waals surface area contributed by atoms with Crippen LogP contribution in [0.4, 0.5) is 5.69 Å². The largest absolute Gasteiger partial charge is 0.457 e. The van der Waals surface area contributed by atoms with Gasteiger partial charge in [-0.15, -0.1) is 0 Å². The Morgan fingerprint density at radius 1 is 1.00 bits per heavy atom. The van der Waals surface area contributed by atoms with E-state index in [2.05, 4.69) is 4.98 Å². The molecule has 0 N–H and O–H groups in total. The first-order valence-electron chi connectivity index (χ1n) is 8.72. The maximum atomic E-state index is 12.7. The van der Waals surface area contributed by atoms with E-state index in [4.69, 9.17) is 4.74 Å². The Kier molecular flexibility index (Phi) is 5.76. The number of para-hydroxylation sites is 1. The van der Waals surface area contributed by atoms with Crippen LogP contribution in [0, 0.1) is 6.92 Å². The van der Waals surface area contributed by atoms with Crippen molar-refractivity contribution in [3.05, 3.63) is 84.2 Å². The third-order valence-corrected chi connectivity index (χ3v) is 5.89. The zero-order valence-corrected chi connectivity index (χ0v) is 16.2. The number of aromatic nitrogens is 1. The van der Waals surface area contributed by atoms with E-state index < -0.39 is 10.0 Å². The lowest BCUT2D eigenvalue weighted by atomic mass is 10.1. The van der Waals surface area contributed by atoms with Crippen molar-refractivity contribution in [2.75, 3.05) is 10.1 Å². The molecule has 1 heterocycles. The molecule has 2 aromatic carbocycles. The number of nitrogens with zero attached hydrogens (tertiary/aromatic N) is 2. The highest BCUT2D eigenvalue weighted by Crippen LogP contribution is 2.30. The van der Waals surface area contributed by atoms with Crippen molar-refractivity contribution in [1.82, 2.24) is 4.98 Å². The van der Waals surface area contributed by atoms with Gasteiger partial charge in [-0.3, -0.25) is 9.29 Å². The molecule has 0 bridgehead atoms. The molecular weight excluding hydrogens is 360 g/mol. The number of anilines is 1. The summed E-state index contributed by atoms with van der Waals surface area (Å²) in [7, 11) is -3.44. The summed E-state index contributed by atoms with van der Waals surface area (Å²) >= 11 is 0. The minimum atomic E-state index is -3.44. The van der Waals surface area contributed by atoms with E-state index >= 15 is 0 Å². The van der Waals surface area contributed by atoms with Gasteiger partial charge in [0.1, 0.15) is 11.5 Å². The van der Waals surface area contributed by atoms with Gasteiger partial charge in [0.25, 0.3) is 0 Å². The molecule has 27 heavy (non-hydrogen) atoms. The Hall–Kier alpha value is -2.86. The molecule has 0 saturated heterocycles. The zero-order chi connectivity index (χ0) is 19.3. The predicted octanol–water partition coefficient (Wildman–Crippen LogP) is 4.54. The standard InChI is InChI=1S/C21H22N2O3S/c1-3-27(24,25)23(16-18-8-7-13-22-15-18)21-12-11-20(14-17(21)2)26-19-9-5-4-6-10-19/h4-15H,3,16H2,1-2H3. The van der Waals surface area contributed by atoms with Crippen molar-refractivity contribution in [1.29, 1.82) is 0 Å².